The predicted octanol–water partition coefficient (Wildman–Crippen LogP) is 3.47. The Morgan fingerprint density at radius 3 is 2.62 bits per heavy atom. The first-order valence-corrected chi connectivity index (χ1v) is 9.77. The normalized spacial score (nSPS) is 28.2. The molecule has 1 N–H and O–H groups in total. The van der Waals surface area contributed by atoms with Crippen LogP contribution in [-0.2, 0) is 9.59 Å². The standard InChI is InChI=1S/C21H29FN2O2/c1-4-5-16-12-24(19(10-13(2)3)20(25)23-16)21(26)18-11-17(18)14-6-8-15(22)9-7-14/h6-9,13,16-19H,4-5,10-12H2,1-3H3,(H,23,25)/t16-,17-,18+,19-/m0/s1. The highest BCUT2D eigenvalue weighted by Gasteiger charge is 2.49. The summed E-state index contributed by atoms with van der Waals surface area (Å²) in [5, 5.41) is 3.09. The van der Waals surface area contributed by atoms with Crippen LogP contribution in [0, 0.1) is 17.7 Å². The molecule has 0 bridgehead atoms. The van der Waals surface area contributed by atoms with Gasteiger partial charge in [-0.3, -0.25) is 9.59 Å². The van der Waals surface area contributed by atoms with Crippen LogP contribution in [-0.4, -0.2) is 35.3 Å². The number of rotatable bonds is 6. The molecule has 2 aliphatic rings. The van der Waals surface area contributed by atoms with E-state index in [-0.39, 0.29) is 41.6 Å². The smallest absolute Gasteiger partial charge is 0.243 e. The third-order valence-corrected chi connectivity index (χ3v) is 5.46. The molecule has 1 heterocycles. The lowest BCUT2D eigenvalue weighted by molar-refractivity contribution is -0.146. The second-order valence-electron chi connectivity index (χ2n) is 8.13. The summed E-state index contributed by atoms with van der Waals surface area (Å²) in [4.78, 5) is 27.6. The number of amides is 2. The number of nitrogens with one attached hydrogen (secondary N) is 1. The van der Waals surface area contributed by atoms with Gasteiger partial charge in [-0.25, -0.2) is 4.39 Å². The van der Waals surface area contributed by atoms with Crippen LogP contribution in [0.1, 0.15) is 57.9 Å². The zero-order valence-electron chi connectivity index (χ0n) is 15.9. The third-order valence-electron chi connectivity index (χ3n) is 5.46. The van der Waals surface area contributed by atoms with Gasteiger partial charge in [0.05, 0.1) is 0 Å². The van der Waals surface area contributed by atoms with E-state index in [1.54, 1.807) is 12.1 Å². The van der Waals surface area contributed by atoms with Crippen molar-refractivity contribution < 1.29 is 14.0 Å². The fourth-order valence-corrected chi connectivity index (χ4v) is 4.04. The van der Waals surface area contributed by atoms with Crippen molar-refractivity contribution in [3.05, 3.63) is 35.6 Å². The van der Waals surface area contributed by atoms with Gasteiger partial charge in [-0.15, -0.1) is 0 Å². The second kappa shape index (κ2) is 7.77. The van der Waals surface area contributed by atoms with E-state index in [2.05, 4.69) is 26.1 Å². The highest BCUT2D eigenvalue weighted by atomic mass is 19.1. The monoisotopic (exact) mass is 360 g/mol. The molecule has 1 aromatic rings. The molecule has 142 valence electrons. The van der Waals surface area contributed by atoms with E-state index in [9.17, 15) is 14.0 Å². The molecule has 0 unspecified atom stereocenters. The van der Waals surface area contributed by atoms with Gasteiger partial charge in [-0.2, -0.15) is 0 Å². The Bertz CT molecular complexity index is 658. The average molecular weight is 360 g/mol. The van der Waals surface area contributed by atoms with Crippen molar-refractivity contribution >= 4 is 11.8 Å². The molecule has 1 saturated carbocycles. The summed E-state index contributed by atoms with van der Waals surface area (Å²) in [6.45, 7) is 6.84. The Labute approximate surface area is 155 Å². The van der Waals surface area contributed by atoms with E-state index in [1.807, 2.05) is 4.90 Å². The van der Waals surface area contributed by atoms with Crippen LogP contribution in [0.3, 0.4) is 0 Å². The Morgan fingerprint density at radius 1 is 1.31 bits per heavy atom. The lowest BCUT2D eigenvalue weighted by atomic mass is 9.96. The fourth-order valence-electron chi connectivity index (χ4n) is 4.04. The van der Waals surface area contributed by atoms with Crippen molar-refractivity contribution in [1.82, 2.24) is 10.2 Å². The number of nitrogens with zero attached hydrogens (tertiary/aromatic N) is 1. The van der Waals surface area contributed by atoms with Gasteiger partial charge < -0.3 is 10.2 Å². The van der Waals surface area contributed by atoms with Crippen LogP contribution < -0.4 is 5.32 Å². The van der Waals surface area contributed by atoms with Gasteiger partial charge in [0.2, 0.25) is 11.8 Å². The molecule has 1 aliphatic carbocycles. The number of benzene rings is 1. The lowest BCUT2D eigenvalue weighted by Crippen LogP contribution is -2.62. The molecular weight excluding hydrogens is 331 g/mol. The van der Waals surface area contributed by atoms with E-state index in [4.69, 9.17) is 0 Å². The lowest BCUT2D eigenvalue weighted by Gasteiger charge is -2.40. The van der Waals surface area contributed by atoms with Crippen molar-refractivity contribution in [3.63, 3.8) is 0 Å². The molecule has 1 aromatic carbocycles. The fraction of sp³-hybridized carbons (Fsp3) is 0.619. The maximum Gasteiger partial charge on any atom is 0.243 e. The van der Waals surface area contributed by atoms with Gasteiger partial charge in [-0.1, -0.05) is 39.3 Å². The van der Waals surface area contributed by atoms with Crippen LogP contribution >= 0.6 is 0 Å². The minimum atomic E-state index is -0.370. The summed E-state index contributed by atoms with van der Waals surface area (Å²) in [6.07, 6.45) is 3.33. The Kier molecular flexibility index (Phi) is 5.64. The van der Waals surface area contributed by atoms with E-state index >= 15 is 0 Å². The molecular formula is C21H29FN2O2. The average Bonchev–Trinajstić information content (AvgIpc) is 3.38. The summed E-state index contributed by atoms with van der Waals surface area (Å²) < 4.78 is 13.1. The van der Waals surface area contributed by atoms with Gasteiger partial charge in [0, 0.05) is 18.5 Å². The van der Waals surface area contributed by atoms with Crippen molar-refractivity contribution in [2.24, 2.45) is 11.8 Å². The number of hydrogen-bond donors (Lipinski definition) is 1. The van der Waals surface area contributed by atoms with Crippen LogP contribution in [0.25, 0.3) is 0 Å². The van der Waals surface area contributed by atoms with Gasteiger partial charge in [0.25, 0.3) is 0 Å². The molecule has 1 aliphatic heterocycles. The first-order chi connectivity index (χ1) is 12.4. The third kappa shape index (κ3) is 4.08. The van der Waals surface area contributed by atoms with E-state index in [0.717, 1.165) is 24.8 Å². The summed E-state index contributed by atoms with van der Waals surface area (Å²) in [5.74, 6) is 0.220. The van der Waals surface area contributed by atoms with Crippen molar-refractivity contribution in [2.45, 2.75) is 64.5 Å². The number of halogens is 1. The molecule has 0 aromatic heterocycles. The molecule has 0 spiro atoms. The summed E-state index contributed by atoms with van der Waals surface area (Å²) in [5.41, 5.74) is 1.01. The topological polar surface area (TPSA) is 49.4 Å². The zero-order valence-corrected chi connectivity index (χ0v) is 15.9. The van der Waals surface area contributed by atoms with E-state index in [0.29, 0.717) is 18.9 Å². The highest BCUT2D eigenvalue weighted by molar-refractivity contribution is 5.91. The molecule has 2 fully saturated rings. The first-order valence-electron chi connectivity index (χ1n) is 9.77. The van der Waals surface area contributed by atoms with Crippen molar-refractivity contribution in [3.8, 4) is 0 Å². The minimum absolute atomic E-state index is 0.0178. The van der Waals surface area contributed by atoms with Crippen LogP contribution in [0.4, 0.5) is 4.39 Å². The Morgan fingerprint density at radius 2 is 2.00 bits per heavy atom. The van der Waals surface area contributed by atoms with Crippen LogP contribution in [0.5, 0.6) is 0 Å². The predicted molar refractivity (Wildman–Crippen MR) is 99.0 cm³/mol. The summed E-state index contributed by atoms with van der Waals surface area (Å²) in [7, 11) is 0. The molecule has 4 atom stereocenters. The minimum Gasteiger partial charge on any atom is -0.350 e. The van der Waals surface area contributed by atoms with Crippen molar-refractivity contribution in [2.75, 3.05) is 6.54 Å². The molecule has 0 radical (unpaired) electrons. The molecule has 4 nitrogen and oxygen atoms in total. The first kappa shape index (κ1) is 18.9. The molecule has 5 heteroatoms. The molecule has 26 heavy (non-hydrogen) atoms. The van der Waals surface area contributed by atoms with Gasteiger partial charge in [0.15, 0.2) is 0 Å². The molecule has 1 saturated heterocycles. The van der Waals surface area contributed by atoms with Crippen molar-refractivity contribution in [1.29, 1.82) is 0 Å². The maximum absolute atomic E-state index is 13.2. The number of piperazine rings is 1. The Hall–Kier alpha value is -1.91. The van der Waals surface area contributed by atoms with Gasteiger partial charge in [0.1, 0.15) is 11.9 Å². The largest absolute Gasteiger partial charge is 0.350 e. The number of carbonyl (C=O) groups excluding carboxylic acids is 2. The Balaban J connectivity index is 1.73. The number of carbonyl (C=O) groups is 2. The van der Waals surface area contributed by atoms with Gasteiger partial charge in [-0.05, 0) is 48.8 Å². The second-order valence-corrected chi connectivity index (χ2v) is 8.13. The molecule has 3 rings (SSSR count). The SMILES string of the molecule is CCC[C@H]1CN(C(=O)[C@@H]2C[C@H]2c2ccc(F)cc2)[C@@H](CC(C)C)C(=O)N1. The van der Waals surface area contributed by atoms with E-state index < -0.39 is 0 Å². The summed E-state index contributed by atoms with van der Waals surface area (Å²) >= 11 is 0. The zero-order chi connectivity index (χ0) is 18.8. The highest BCUT2D eigenvalue weighted by Crippen LogP contribution is 2.49. The quantitative estimate of drug-likeness (QED) is 0.844. The van der Waals surface area contributed by atoms with Crippen LogP contribution in [0.15, 0.2) is 24.3 Å². The van der Waals surface area contributed by atoms with Crippen LogP contribution in [0.2, 0.25) is 0 Å². The summed E-state index contributed by atoms with van der Waals surface area (Å²) in [6, 6.07) is 6.10. The maximum atomic E-state index is 13.2. The van der Waals surface area contributed by atoms with Gasteiger partial charge >= 0.3 is 0 Å². The number of hydrogen-bond acceptors (Lipinski definition) is 2. The molecule has 2 amide bonds. The van der Waals surface area contributed by atoms with E-state index in [1.165, 1.54) is 12.1 Å².